The fourth-order valence-corrected chi connectivity index (χ4v) is 3.56. The first kappa shape index (κ1) is 17.0. The zero-order chi connectivity index (χ0) is 16.8. The third-order valence-corrected chi connectivity index (χ3v) is 5.05. The molecule has 1 aliphatic heterocycles. The van der Waals surface area contributed by atoms with Gasteiger partial charge in [-0.1, -0.05) is 25.3 Å². The molecule has 2 amide bonds. The van der Waals surface area contributed by atoms with E-state index in [2.05, 4.69) is 15.2 Å². The highest BCUT2D eigenvalue weighted by molar-refractivity contribution is 5.74. The van der Waals surface area contributed by atoms with Crippen LogP contribution in [0.4, 0.5) is 10.6 Å². The van der Waals surface area contributed by atoms with Crippen LogP contribution in [0.3, 0.4) is 0 Å². The monoisotopic (exact) mass is 332 g/mol. The number of anilines is 1. The lowest BCUT2D eigenvalue weighted by Gasteiger charge is -2.32. The van der Waals surface area contributed by atoms with Crippen LogP contribution in [0, 0.1) is 0 Å². The number of ether oxygens (including phenoxy) is 1. The van der Waals surface area contributed by atoms with E-state index in [0.717, 1.165) is 50.5 Å². The third-order valence-electron chi connectivity index (χ3n) is 5.05. The summed E-state index contributed by atoms with van der Waals surface area (Å²) < 4.78 is 5.41. The molecular formula is C18H28N4O2. The average molecular weight is 332 g/mol. The SMILES string of the molecule is CN(C(=O)NCc1cccnc1N1CCOCC1)C1CCCCC1. The van der Waals surface area contributed by atoms with E-state index in [1.165, 1.54) is 19.3 Å². The largest absolute Gasteiger partial charge is 0.378 e. The molecule has 1 aromatic rings. The standard InChI is InChI=1S/C18H28N4O2/c1-21(16-7-3-2-4-8-16)18(23)20-14-15-6-5-9-19-17(15)22-10-12-24-13-11-22/h5-6,9,16H,2-4,7-8,10-14H2,1H3,(H,20,23). The van der Waals surface area contributed by atoms with E-state index in [9.17, 15) is 4.79 Å². The van der Waals surface area contributed by atoms with Crippen LogP contribution in [-0.4, -0.2) is 55.3 Å². The van der Waals surface area contributed by atoms with E-state index in [-0.39, 0.29) is 6.03 Å². The van der Waals surface area contributed by atoms with E-state index in [1.807, 2.05) is 30.3 Å². The van der Waals surface area contributed by atoms with Gasteiger partial charge in [0, 0.05) is 44.5 Å². The van der Waals surface area contributed by atoms with Crippen molar-refractivity contribution in [3.8, 4) is 0 Å². The Morgan fingerprint density at radius 3 is 2.83 bits per heavy atom. The van der Waals surface area contributed by atoms with Crippen LogP contribution in [0.25, 0.3) is 0 Å². The molecule has 1 aliphatic carbocycles. The lowest BCUT2D eigenvalue weighted by atomic mass is 9.95. The van der Waals surface area contributed by atoms with Crippen LogP contribution in [-0.2, 0) is 11.3 Å². The van der Waals surface area contributed by atoms with Crippen molar-refractivity contribution in [3.05, 3.63) is 23.9 Å². The normalized spacial score (nSPS) is 19.1. The smallest absolute Gasteiger partial charge is 0.317 e. The number of hydrogen-bond donors (Lipinski definition) is 1. The van der Waals surface area contributed by atoms with Crippen molar-refractivity contribution in [2.45, 2.75) is 44.7 Å². The van der Waals surface area contributed by atoms with Crippen molar-refractivity contribution in [1.82, 2.24) is 15.2 Å². The molecule has 6 heteroatoms. The Labute approximate surface area is 144 Å². The molecule has 2 heterocycles. The van der Waals surface area contributed by atoms with Gasteiger partial charge in [0.15, 0.2) is 0 Å². The van der Waals surface area contributed by atoms with Crippen LogP contribution < -0.4 is 10.2 Å². The number of nitrogens with zero attached hydrogens (tertiary/aromatic N) is 3. The highest BCUT2D eigenvalue weighted by Crippen LogP contribution is 2.22. The van der Waals surface area contributed by atoms with Gasteiger partial charge in [0.1, 0.15) is 5.82 Å². The van der Waals surface area contributed by atoms with E-state index >= 15 is 0 Å². The minimum absolute atomic E-state index is 0.0127. The lowest BCUT2D eigenvalue weighted by Crippen LogP contribution is -2.44. The predicted molar refractivity (Wildman–Crippen MR) is 94.1 cm³/mol. The van der Waals surface area contributed by atoms with E-state index in [4.69, 9.17) is 4.74 Å². The molecule has 0 bridgehead atoms. The van der Waals surface area contributed by atoms with E-state index < -0.39 is 0 Å². The van der Waals surface area contributed by atoms with Crippen LogP contribution in [0.2, 0.25) is 0 Å². The number of carbonyl (C=O) groups excluding carboxylic acids is 1. The van der Waals surface area contributed by atoms with Gasteiger partial charge in [-0.2, -0.15) is 0 Å². The molecule has 1 N–H and O–H groups in total. The first-order valence-electron chi connectivity index (χ1n) is 9.03. The van der Waals surface area contributed by atoms with Gasteiger partial charge in [-0.05, 0) is 18.9 Å². The first-order valence-corrected chi connectivity index (χ1v) is 9.03. The van der Waals surface area contributed by atoms with E-state index in [1.54, 1.807) is 0 Å². The summed E-state index contributed by atoms with van der Waals surface area (Å²) in [7, 11) is 1.91. The number of morpholine rings is 1. The van der Waals surface area contributed by atoms with Gasteiger partial charge >= 0.3 is 6.03 Å². The van der Waals surface area contributed by atoms with Gasteiger partial charge in [-0.15, -0.1) is 0 Å². The number of nitrogens with one attached hydrogen (secondary N) is 1. The molecule has 24 heavy (non-hydrogen) atoms. The predicted octanol–water partition coefficient (Wildman–Crippen LogP) is 2.39. The van der Waals surface area contributed by atoms with Crippen molar-refractivity contribution in [2.24, 2.45) is 0 Å². The van der Waals surface area contributed by atoms with Gasteiger partial charge in [0.2, 0.25) is 0 Å². The van der Waals surface area contributed by atoms with Gasteiger partial charge in [0.05, 0.1) is 13.2 Å². The molecule has 132 valence electrons. The topological polar surface area (TPSA) is 57.7 Å². The fraction of sp³-hybridized carbons (Fsp3) is 0.667. The molecule has 0 atom stereocenters. The Balaban J connectivity index is 1.58. The van der Waals surface area contributed by atoms with Gasteiger partial charge < -0.3 is 19.9 Å². The number of aromatic nitrogens is 1. The second kappa shape index (κ2) is 8.33. The zero-order valence-corrected chi connectivity index (χ0v) is 14.5. The summed E-state index contributed by atoms with van der Waals surface area (Å²) >= 11 is 0. The Morgan fingerprint density at radius 2 is 2.08 bits per heavy atom. The second-order valence-electron chi connectivity index (χ2n) is 6.65. The maximum Gasteiger partial charge on any atom is 0.317 e. The number of carbonyl (C=O) groups is 1. The molecule has 0 radical (unpaired) electrons. The summed E-state index contributed by atoms with van der Waals surface area (Å²) in [4.78, 5) is 21.1. The molecule has 3 rings (SSSR count). The molecular weight excluding hydrogens is 304 g/mol. The molecule has 0 spiro atoms. The first-order chi connectivity index (χ1) is 11.8. The van der Waals surface area contributed by atoms with E-state index in [0.29, 0.717) is 12.6 Å². The zero-order valence-electron chi connectivity index (χ0n) is 14.5. The van der Waals surface area contributed by atoms with Crippen molar-refractivity contribution in [1.29, 1.82) is 0 Å². The van der Waals surface area contributed by atoms with Gasteiger partial charge in [0.25, 0.3) is 0 Å². The molecule has 2 fully saturated rings. The second-order valence-corrected chi connectivity index (χ2v) is 6.65. The Bertz CT molecular complexity index is 540. The maximum absolute atomic E-state index is 12.5. The van der Waals surface area contributed by atoms with Crippen molar-refractivity contribution < 1.29 is 9.53 Å². The molecule has 2 aliphatic rings. The Hall–Kier alpha value is -1.82. The molecule has 0 unspecified atom stereocenters. The highest BCUT2D eigenvalue weighted by Gasteiger charge is 2.22. The minimum atomic E-state index is 0.0127. The van der Waals surface area contributed by atoms with Crippen molar-refractivity contribution in [3.63, 3.8) is 0 Å². The molecule has 1 aromatic heterocycles. The molecule has 6 nitrogen and oxygen atoms in total. The van der Waals surface area contributed by atoms with Gasteiger partial charge in [-0.25, -0.2) is 9.78 Å². The van der Waals surface area contributed by atoms with Gasteiger partial charge in [-0.3, -0.25) is 0 Å². The number of urea groups is 1. The number of pyridine rings is 1. The summed E-state index contributed by atoms with van der Waals surface area (Å²) in [6.45, 7) is 3.66. The maximum atomic E-state index is 12.5. The van der Waals surface area contributed by atoms with Crippen LogP contribution in [0.5, 0.6) is 0 Å². The van der Waals surface area contributed by atoms with Crippen LogP contribution in [0.15, 0.2) is 18.3 Å². The Kier molecular flexibility index (Phi) is 5.91. The quantitative estimate of drug-likeness (QED) is 0.920. The minimum Gasteiger partial charge on any atom is -0.378 e. The highest BCUT2D eigenvalue weighted by atomic mass is 16.5. The Morgan fingerprint density at radius 1 is 1.33 bits per heavy atom. The number of hydrogen-bond acceptors (Lipinski definition) is 4. The summed E-state index contributed by atoms with van der Waals surface area (Å²) in [6.07, 6.45) is 7.80. The van der Waals surface area contributed by atoms with Crippen LogP contribution >= 0.6 is 0 Å². The van der Waals surface area contributed by atoms with Crippen LogP contribution in [0.1, 0.15) is 37.7 Å². The molecule has 0 aromatic carbocycles. The van der Waals surface area contributed by atoms with Crippen molar-refractivity contribution in [2.75, 3.05) is 38.3 Å². The molecule has 1 saturated carbocycles. The molecule has 1 saturated heterocycles. The third kappa shape index (κ3) is 4.17. The number of amides is 2. The average Bonchev–Trinajstić information content (AvgIpc) is 2.67. The summed E-state index contributed by atoms with van der Waals surface area (Å²) in [5, 5.41) is 3.06. The summed E-state index contributed by atoms with van der Waals surface area (Å²) in [6, 6.07) is 4.36. The van der Waals surface area contributed by atoms with Crippen molar-refractivity contribution >= 4 is 11.8 Å². The fourth-order valence-electron chi connectivity index (χ4n) is 3.56. The number of rotatable bonds is 4. The summed E-state index contributed by atoms with van der Waals surface area (Å²) in [5.41, 5.74) is 1.06. The lowest BCUT2D eigenvalue weighted by molar-refractivity contribution is 0.122. The summed E-state index contributed by atoms with van der Waals surface area (Å²) in [5.74, 6) is 0.960.